The first-order valence-corrected chi connectivity index (χ1v) is 11.5. The van der Waals surface area contributed by atoms with Gasteiger partial charge in [0.15, 0.2) is 0 Å². The number of pyridine rings is 3. The van der Waals surface area contributed by atoms with Crippen molar-refractivity contribution in [3.05, 3.63) is 114 Å². The predicted molar refractivity (Wildman–Crippen MR) is 141 cm³/mol. The normalized spacial score (nSPS) is 10.6. The van der Waals surface area contributed by atoms with Gasteiger partial charge in [0.05, 0.1) is 5.58 Å². The van der Waals surface area contributed by atoms with Gasteiger partial charge in [-0.3, -0.25) is 0 Å². The summed E-state index contributed by atoms with van der Waals surface area (Å²) in [6, 6.07) is 28.4. The summed E-state index contributed by atoms with van der Waals surface area (Å²) >= 11 is 0. The Bertz CT molecular complexity index is 1640. The van der Waals surface area contributed by atoms with Gasteiger partial charge in [-0.05, 0) is 62.8 Å². The fourth-order valence-electron chi connectivity index (χ4n) is 3.90. The first kappa shape index (κ1) is 25.4. The molecule has 4 heterocycles. The van der Waals surface area contributed by atoms with Gasteiger partial charge >= 0.3 is 0 Å². The average molecular weight is 648 g/mol. The zero-order valence-corrected chi connectivity index (χ0v) is 23.0. The van der Waals surface area contributed by atoms with E-state index < -0.39 is 0 Å². The molecule has 0 saturated heterocycles. The fraction of sp³-hybridized carbons (Fsp3) is 0.129. The summed E-state index contributed by atoms with van der Waals surface area (Å²) in [5.74, 6) is 0. The van der Waals surface area contributed by atoms with Crippen molar-refractivity contribution in [1.29, 1.82) is 0 Å². The van der Waals surface area contributed by atoms with E-state index in [0.717, 1.165) is 50.1 Å². The van der Waals surface area contributed by atoms with Crippen LogP contribution < -0.4 is 0 Å². The van der Waals surface area contributed by atoms with E-state index in [-0.39, 0.29) is 20.1 Å². The van der Waals surface area contributed by atoms with Crippen molar-refractivity contribution < 1.29 is 24.5 Å². The molecular formula is C31H25IrN3O-2. The molecule has 36 heavy (non-hydrogen) atoms. The Morgan fingerprint density at radius 3 is 2.36 bits per heavy atom. The quantitative estimate of drug-likeness (QED) is 0.182. The molecule has 0 fully saturated rings. The van der Waals surface area contributed by atoms with Crippen LogP contribution in [0.3, 0.4) is 0 Å². The summed E-state index contributed by atoms with van der Waals surface area (Å²) < 4.78 is 5.98. The molecular weight excluding hydrogens is 623 g/mol. The molecule has 1 radical (unpaired) electrons. The maximum absolute atomic E-state index is 5.98. The van der Waals surface area contributed by atoms with E-state index in [0.29, 0.717) is 5.71 Å². The number of hydrogen-bond acceptors (Lipinski definition) is 4. The van der Waals surface area contributed by atoms with Gasteiger partial charge in [-0.25, -0.2) is 4.98 Å². The number of furan rings is 1. The smallest absolute Gasteiger partial charge is 0.216 e. The van der Waals surface area contributed by atoms with Gasteiger partial charge in [0.1, 0.15) is 0 Å². The molecule has 2 aromatic carbocycles. The molecule has 0 bridgehead atoms. The second kappa shape index (κ2) is 10.9. The Balaban J connectivity index is 0.000000178. The predicted octanol–water partition coefficient (Wildman–Crippen LogP) is 7.62. The molecule has 0 atom stereocenters. The van der Waals surface area contributed by atoms with Gasteiger partial charge in [-0.1, -0.05) is 34.2 Å². The molecule has 4 aromatic heterocycles. The van der Waals surface area contributed by atoms with Crippen molar-refractivity contribution in [1.82, 2.24) is 15.0 Å². The van der Waals surface area contributed by atoms with Gasteiger partial charge in [0, 0.05) is 43.6 Å². The minimum absolute atomic E-state index is 0. The summed E-state index contributed by atoms with van der Waals surface area (Å²) in [6.07, 6.45) is 3.72. The van der Waals surface area contributed by atoms with E-state index in [2.05, 4.69) is 60.0 Å². The van der Waals surface area contributed by atoms with E-state index in [4.69, 9.17) is 4.42 Å². The number of aryl methyl sites for hydroxylation is 4. The summed E-state index contributed by atoms with van der Waals surface area (Å²) in [6.45, 7) is 8.18. The summed E-state index contributed by atoms with van der Waals surface area (Å²) in [5, 5.41) is 2.08. The van der Waals surface area contributed by atoms with Crippen molar-refractivity contribution in [2.45, 2.75) is 27.7 Å². The molecule has 6 aromatic rings. The van der Waals surface area contributed by atoms with Crippen LogP contribution in [0.15, 0.2) is 83.5 Å². The molecule has 0 saturated carbocycles. The molecule has 0 aliphatic heterocycles. The number of rotatable bonds is 2. The monoisotopic (exact) mass is 648 g/mol. The SMILES string of the molecule is Cc1ccnc(-c2[c-]ccc3c2oc2nc(C)ccc23)c1.Cc1cnc(-c2[c-]cccc2)cc1C.[Ir]. The minimum Gasteiger partial charge on any atom is -0.486 e. The molecule has 0 aliphatic rings. The van der Waals surface area contributed by atoms with Crippen LogP contribution in [0, 0.1) is 39.8 Å². The second-order valence-electron chi connectivity index (χ2n) is 8.65. The van der Waals surface area contributed by atoms with E-state index in [1.54, 1.807) is 0 Å². The van der Waals surface area contributed by atoms with E-state index in [9.17, 15) is 0 Å². The van der Waals surface area contributed by atoms with Crippen molar-refractivity contribution >= 4 is 22.1 Å². The summed E-state index contributed by atoms with van der Waals surface area (Å²) in [4.78, 5) is 13.3. The van der Waals surface area contributed by atoms with Crippen LogP contribution in [0.1, 0.15) is 22.4 Å². The molecule has 6 rings (SSSR count). The molecule has 0 unspecified atom stereocenters. The zero-order chi connectivity index (χ0) is 24.4. The molecule has 5 heteroatoms. The molecule has 4 nitrogen and oxygen atoms in total. The Morgan fingerprint density at radius 2 is 1.61 bits per heavy atom. The summed E-state index contributed by atoms with van der Waals surface area (Å²) in [5.41, 5.74) is 9.86. The van der Waals surface area contributed by atoms with Crippen LogP contribution in [-0.4, -0.2) is 15.0 Å². The largest absolute Gasteiger partial charge is 0.486 e. The minimum atomic E-state index is 0. The van der Waals surface area contributed by atoms with Crippen LogP contribution in [0.5, 0.6) is 0 Å². The number of benzene rings is 2. The third kappa shape index (κ3) is 5.28. The van der Waals surface area contributed by atoms with E-state index in [1.807, 2.05) is 73.9 Å². The first-order chi connectivity index (χ1) is 17.0. The standard InChI is InChI=1S/C18H13N2O.C13H12N.Ir/c1-11-8-9-19-16(10-11)15-5-3-4-13-14-7-6-12(2)20-18(14)21-17(13)15;1-10-8-13(14-9-11(10)2)12-6-4-3-5-7-12;/h3-4,6-10H,1-2H3;3-6,8-9H,1-2H3;/q2*-1;. The zero-order valence-electron chi connectivity index (χ0n) is 20.6. The number of fused-ring (bicyclic) bond motifs is 3. The number of hydrogen-bond donors (Lipinski definition) is 0. The Kier molecular flexibility index (Phi) is 7.73. The van der Waals surface area contributed by atoms with Crippen LogP contribution in [-0.2, 0) is 20.1 Å². The van der Waals surface area contributed by atoms with Crippen LogP contribution in [0.4, 0.5) is 0 Å². The number of aromatic nitrogens is 3. The molecule has 0 spiro atoms. The first-order valence-electron chi connectivity index (χ1n) is 11.5. The topological polar surface area (TPSA) is 51.8 Å². The van der Waals surface area contributed by atoms with E-state index in [1.165, 1.54) is 11.1 Å². The third-order valence-electron chi connectivity index (χ3n) is 5.97. The Morgan fingerprint density at radius 1 is 0.750 bits per heavy atom. The van der Waals surface area contributed by atoms with Gasteiger partial charge in [-0.15, -0.1) is 54.1 Å². The Labute approximate surface area is 224 Å². The van der Waals surface area contributed by atoms with Crippen LogP contribution in [0.25, 0.3) is 44.6 Å². The van der Waals surface area contributed by atoms with Crippen molar-refractivity contribution in [3.63, 3.8) is 0 Å². The molecule has 0 N–H and O–H groups in total. The summed E-state index contributed by atoms with van der Waals surface area (Å²) in [7, 11) is 0. The maximum Gasteiger partial charge on any atom is 0.216 e. The van der Waals surface area contributed by atoms with Gasteiger partial charge in [0.25, 0.3) is 0 Å². The van der Waals surface area contributed by atoms with Gasteiger partial charge in [-0.2, -0.15) is 0 Å². The van der Waals surface area contributed by atoms with Crippen molar-refractivity contribution in [3.8, 4) is 22.5 Å². The van der Waals surface area contributed by atoms with Crippen molar-refractivity contribution in [2.75, 3.05) is 0 Å². The molecule has 0 amide bonds. The number of nitrogens with zero attached hydrogens (tertiary/aromatic N) is 3. The fourth-order valence-corrected chi connectivity index (χ4v) is 3.90. The second-order valence-corrected chi connectivity index (χ2v) is 8.65. The Hall–Kier alpha value is -3.66. The molecule has 0 aliphatic carbocycles. The van der Waals surface area contributed by atoms with Crippen LogP contribution in [0.2, 0.25) is 0 Å². The van der Waals surface area contributed by atoms with E-state index >= 15 is 0 Å². The van der Waals surface area contributed by atoms with Crippen LogP contribution >= 0.6 is 0 Å². The molecule has 181 valence electrons. The average Bonchev–Trinajstić information content (AvgIpc) is 3.24. The maximum atomic E-state index is 5.98. The van der Waals surface area contributed by atoms with Gasteiger partial charge in [0.2, 0.25) is 5.71 Å². The van der Waals surface area contributed by atoms with Gasteiger partial charge < -0.3 is 14.4 Å². The van der Waals surface area contributed by atoms with Crippen molar-refractivity contribution in [2.24, 2.45) is 0 Å². The third-order valence-corrected chi connectivity index (χ3v) is 5.97.